The Morgan fingerprint density at radius 3 is 3.00 bits per heavy atom. The van der Waals surface area contributed by atoms with Crippen molar-refractivity contribution in [3.05, 3.63) is 23.9 Å². The van der Waals surface area contributed by atoms with Crippen molar-refractivity contribution < 1.29 is 0 Å². The summed E-state index contributed by atoms with van der Waals surface area (Å²) < 4.78 is 0. The van der Waals surface area contributed by atoms with Crippen molar-refractivity contribution in [2.24, 2.45) is 0 Å². The van der Waals surface area contributed by atoms with Gasteiger partial charge in [-0.05, 0) is 43.4 Å². The molecule has 19 heavy (non-hydrogen) atoms. The van der Waals surface area contributed by atoms with Crippen molar-refractivity contribution in [3.63, 3.8) is 0 Å². The maximum Gasteiger partial charge on any atom is 0.129 e. The highest BCUT2D eigenvalue weighted by molar-refractivity contribution is 5.42. The summed E-state index contributed by atoms with van der Waals surface area (Å²) in [6.45, 7) is 8.73. The van der Waals surface area contributed by atoms with Crippen molar-refractivity contribution >= 4 is 5.82 Å². The first-order chi connectivity index (χ1) is 9.20. The van der Waals surface area contributed by atoms with E-state index in [0.29, 0.717) is 12.1 Å². The molecule has 0 radical (unpaired) electrons. The number of hydrogen-bond acceptors (Lipinski definition) is 3. The van der Waals surface area contributed by atoms with Gasteiger partial charge >= 0.3 is 0 Å². The molecule has 1 aliphatic heterocycles. The van der Waals surface area contributed by atoms with Crippen LogP contribution in [0.25, 0.3) is 0 Å². The first-order valence-electron chi connectivity index (χ1n) is 7.65. The average molecular weight is 261 g/mol. The van der Waals surface area contributed by atoms with Gasteiger partial charge in [-0.2, -0.15) is 0 Å². The SMILES string of the molecule is CCC1CCCCN1c1cc(CNC(C)C)ccn1. The molecule has 1 atom stereocenters. The Labute approximate surface area is 117 Å². The van der Waals surface area contributed by atoms with E-state index < -0.39 is 0 Å². The van der Waals surface area contributed by atoms with Crippen molar-refractivity contribution in [3.8, 4) is 0 Å². The fraction of sp³-hybridized carbons (Fsp3) is 0.688. The van der Waals surface area contributed by atoms with E-state index >= 15 is 0 Å². The number of hydrogen-bond donors (Lipinski definition) is 1. The van der Waals surface area contributed by atoms with Gasteiger partial charge in [0.15, 0.2) is 0 Å². The van der Waals surface area contributed by atoms with E-state index in [1.807, 2.05) is 6.20 Å². The Morgan fingerprint density at radius 2 is 2.26 bits per heavy atom. The summed E-state index contributed by atoms with van der Waals surface area (Å²) in [7, 11) is 0. The second kappa shape index (κ2) is 6.90. The molecule has 1 aromatic rings. The predicted octanol–water partition coefficient (Wildman–Crippen LogP) is 3.35. The zero-order valence-electron chi connectivity index (χ0n) is 12.5. The van der Waals surface area contributed by atoms with Crippen molar-refractivity contribution in [2.75, 3.05) is 11.4 Å². The number of nitrogens with zero attached hydrogens (tertiary/aromatic N) is 2. The Balaban J connectivity index is 2.08. The Hall–Kier alpha value is -1.09. The van der Waals surface area contributed by atoms with Gasteiger partial charge in [0, 0.05) is 31.4 Å². The third-order valence-corrected chi connectivity index (χ3v) is 3.92. The van der Waals surface area contributed by atoms with E-state index in [1.165, 1.54) is 31.2 Å². The molecule has 2 rings (SSSR count). The van der Waals surface area contributed by atoms with Gasteiger partial charge in [-0.1, -0.05) is 20.8 Å². The molecule has 3 nitrogen and oxygen atoms in total. The van der Waals surface area contributed by atoms with E-state index in [-0.39, 0.29) is 0 Å². The molecule has 0 aliphatic carbocycles. The molecule has 0 amide bonds. The van der Waals surface area contributed by atoms with Gasteiger partial charge in [0.05, 0.1) is 0 Å². The van der Waals surface area contributed by atoms with Crippen LogP contribution in [0.5, 0.6) is 0 Å². The molecule has 1 saturated heterocycles. The molecule has 3 heteroatoms. The van der Waals surface area contributed by atoms with Crippen LogP contribution in [0.15, 0.2) is 18.3 Å². The monoisotopic (exact) mass is 261 g/mol. The minimum absolute atomic E-state index is 0.523. The molecule has 0 aromatic carbocycles. The lowest BCUT2D eigenvalue weighted by molar-refractivity contribution is 0.446. The molecule has 1 N–H and O–H groups in total. The fourth-order valence-corrected chi connectivity index (χ4v) is 2.78. The minimum atomic E-state index is 0.523. The summed E-state index contributed by atoms with van der Waals surface area (Å²) >= 11 is 0. The Kier molecular flexibility index (Phi) is 5.20. The lowest BCUT2D eigenvalue weighted by atomic mass is 10.00. The zero-order chi connectivity index (χ0) is 13.7. The standard InChI is InChI=1S/C16H27N3/c1-4-15-7-5-6-10-19(15)16-11-14(8-9-17-16)12-18-13(2)3/h8-9,11,13,15,18H,4-7,10,12H2,1-3H3. The van der Waals surface area contributed by atoms with Crippen molar-refractivity contribution in [1.29, 1.82) is 0 Å². The van der Waals surface area contributed by atoms with Gasteiger partial charge in [0.1, 0.15) is 5.82 Å². The predicted molar refractivity (Wildman–Crippen MR) is 81.5 cm³/mol. The summed E-state index contributed by atoms with van der Waals surface area (Å²) in [4.78, 5) is 7.09. The quantitative estimate of drug-likeness (QED) is 0.881. The van der Waals surface area contributed by atoms with Gasteiger partial charge in [0.2, 0.25) is 0 Å². The number of aromatic nitrogens is 1. The Bertz CT molecular complexity index is 389. The number of pyridine rings is 1. The van der Waals surface area contributed by atoms with Crippen LogP contribution >= 0.6 is 0 Å². The zero-order valence-corrected chi connectivity index (χ0v) is 12.5. The van der Waals surface area contributed by atoms with Crippen molar-refractivity contribution in [1.82, 2.24) is 10.3 Å². The van der Waals surface area contributed by atoms with Gasteiger partial charge in [-0.15, -0.1) is 0 Å². The molecular weight excluding hydrogens is 234 g/mol. The number of nitrogens with one attached hydrogen (secondary N) is 1. The molecule has 0 bridgehead atoms. The molecule has 0 saturated carbocycles. The molecule has 106 valence electrons. The highest BCUT2D eigenvalue weighted by atomic mass is 15.2. The summed E-state index contributed by atoms with van der Waals surface area (Å²) in [5.41, 5.74) is 1.33. The summed E-state index contributed by atoms with van der Waals surface area (Å²) in [6, 6.07) is 5.57. The van der Waals surface area contributed by atoms with Crippen molar-refractivity contribution in [2.45, 2.75) is 65.1 Å². The van der Waals surface area contributed by atoms with E-state index in [1.54, 1.807) is 0 Å². The van der Waals surface area contributed by atoms with E-state index in [2.05, 4.69) is 48.1 Å². The van der Waals surface area contributed by atoms with E-state index in [4.69, 9.17) is 0 Å². The normalized spacial score (nSPS) is 20.0. The maximum atomic E-state index is 4.59. The van der Waals surface area contributed by atoms with E-state index in [0.717, 1.165) is 18.9 Å². The first-order valence-corrected chi connectivity index (χ1v) is 7.65. The average Bonchev–Trinajstić information content (AvgIpc) is 2.45. The molecular formula is C16H27N3. The largest absolute Gasteiger partial charge is 0.354 e. The van der Waals surface area contributed by atoms with Crippen LogP contribution in [0, 0.1) is 0 Å². The third-order valence-electron chi connectivity index (χ3n) is 3.92. The van der Waals surface area contributed by atoms with Gasteiger partial charge < -0.3 is 10.2 Å². The molecule has 1 unspecified atom stereocenters. The maximum absolute atomic E-state index is 4.59. The van der Waals surface area contributed by atoms with E-state index in [9.17, 15) is 0 Å². The van der Waals surface area contributed by atoms with Crippen LogP contribution in [0.1, 0.15) is 52.0 Å². The first kappa shape index (κ1) is 14.3. The van der Waals surface area contributed by atoms with Crippen LogP contribution in [0.2, 0.25) is 0 Å². The minimum Gasteiger partial charge on any atom is -0.354 e. The number of piperidine rings is 1. The summed E-state index contributed by atoms with van der Waals surface area (Å²) in [5, 5.41) is 3.47. The van der Waals surface area contributed by atoms with Gasteiger partial charge in [-0.3, -0.25) is 0 Å². The van der Waals surface area contributed by atoms with Crippen LogP contribution in [0.4, 0.5) is 5.82 Å². The summed E-state index contributed by atoms with van der Waals surface area (Å²) in [5.74, 6) is 1.16. The topological polar surface area (TPSA) is 28.2 Å². The van der Waals surface area contributed by atoms with Gasteiger partial charge in [-0.25, -0.2) is 4.98 Å². The lowest BCUT2D eigenvalue weighted by Gasteiger charge is -2.36. The second-order valence-electron chi connectivity index (χ2n) is 5.81. The Morgan fingerprint density at radius 1 is 1.42 bits per heavy atom. The highest BCUT2D eigenvalue weighted by Crippen LogP contribution is 2.25. The van der Waals surface area contributed by atoms with Crippen LogP contribution in [-0.2, 0) is 6.54 Å². The highest BCUT2D eigenvalue weighted by Gasteiger charge is 2.21. The third kappa shape index (κ3) is 3.93. The van der Waals surface area contributed by atoms with Crippen LogP contribution in [0.3, 0.4) is 0 Å². The fourth-order valence-electron chi connectivity index (χ4n) is 2.78. The number of rotatable bonds is 5. The molecule has 1 aromatic heterocycles. The molecule has 1 fully saturated rings. The molecule has 2 heterocycles. The van der Waals surface area contributed by atoms with Gasteiger partial charge in [0.25, 0.3) is 0 Å². The lowest BCUT2D eigenvalue weighted by Crippen LogP contribution is -2.39. The second-order valence-corrected chi connectivity index (χ2v) is 5.81. The molecule has 1 aliphatic rings. The molecule has 0 spiro atoms. The van der Waals surface area contributed by atoms with Crippen LogP contribution in [-0.4, -0.2) is 23.6 Å². The number of anilines is 1. The summed E-state index contributed by atoms with van der Waals surface area (Å²) in [6.07, 6.45) is 7.15. The smallest absolute Gasteiger partial charge is 0.129 e. The van der Waals surface area contributed by atoms with Crippen LogP contribution < -0.4 is 10.2 Å².